The molecule has 3 nitrogen and oxygen atoms in total. The van der Waals surface area contributed by atoms with Crippen LogP contribution in [0.2, 0.25) is 0 Å². The van der Waals surface area contributed by atoms with Crippen molar-refractivity contribution in [2.24, 2.45) is 28.6 Å². The molecule has 0 spiro atoms. The second-order valence-electron chi connectivity index (χ2n) is 7.93. The van der Waals surface area contributed by atoms with Crippen LogP contribution in [0.4, 0.5) is 0 Å². The predicted molar refractivity (Wildman–Crippen MR) is 85.2 cm³/mol. The molecule has 2 aliphatic carbocycles. The molecule has 2 fully saturated rings. The number of carbonyl (C=O) groups is 1. The lowest BCUT2D eigenvalue weighted by Gasteiger charge is -2.38. The van der Waals surface area contributed by atoms with Gasteiger partial charge in [0.15, 0.2) is 0 Å². The molecule has 5 atom stereocenters. The molecular formula is C19H26O3. The van der Waals surface area contributed by atoms with E-state index in [0.29, 0.717) is 12.3 Å². The lowest BCUT2D eigenvalue weighted by molar-refractivity contribution is -0.149. The molecule has 2 aliphatic rings. The van der Waals surface area contributed by atoms with Gasteiger partial charge in [0.25, 0.3) is 0 Å². The Bertz CT molecular complexity index is 565. The summed E-state index contributed by atoms with van der Waals surface area (Å²) in [4.78, 5) is 11.9. The van der Waals surface area contributed by atoms with E-state index in [1.54, 1.807) is 0 Å². The summed E-state index contributed by atoms with van der Waals surface area (Å²) in [6.07, 6.45) is 2.04. The van der Waals surface area contributed by atoms with Gasteiger partial charge in [0.1, 0.15) is 0 Å². The maximum absolute atomic E-state index is 11.9. The van der Waals surface area contributed by atoms with Crippen LogP contribution < -0.4 is 0 Å². The monoisotopic (exact) mass is 302 g/mol. The highest BCUT2D eigenvalue weighted by molar-refractivity contribution is 5.73. The topological polar surface area (TPSA) is 57.5 Å². The first-order chi connectivity index (χ1) is 10.3. The van der Waals surface area contributed by atoms with Gasteiger partial charge in [-0.2, -0.15) is 0 Å². The smallest absolute Gasteiger partial charge is 0.307 e. The molecule has 2 N–H and O–H groups in total. The van der Waals surface area contributed by atoms with Gasteiger partial charge in [-0.25, -0.2) is 0 Å². The number of hydrogen-bond donors (Lipinski definition) is 2. The van der Waals surface area contributed by atoms with E-state index in [1.165, 1.54) is 0 Å². The van der Waals surface area contributed by atoms with Crippen LogP contribution in [0.25, 0.3) is 0 Å². The summed E-state index contributed by atoms with van der Waals surface area (Å²) < 4.78 is 0. The zero-order valence-electron chi connectivity index (χ0n) is 13.6. The van der Waals surface area contributed by atoms with Gasteiger partial charge in [-0.3, -0.25) is 4.79 Å². The highest BCUT2D eigenvalue weighted by atomic mass is 16.4. The van der Waals surface area contributed by atoms with E-state index in [-0.39, 0.29) is 22.7 Å². The van der Waals surface area contributed by atoms with Crippen LogP contribution in [-0.4, -0.2) is 16.2 Å². The molecule has 1 aromatic rings. The maximum atomic E-state index is 11.9. The summed E-state index contributed by atoms with van der Waals surface area (Å²) in [7, 11) is 0. The Kier molecular flexibility index (Phi) is 3.59. The summed E-state index contributed by atoms with van der Waals surface area (Å²) in [5.41, 5.74) is 0.749. The molecule has 0 heterocycles. The molecule has 1 aromatic carbocycles. The van der Waals surface area contributed by atoms with Crippen LogP contribution >= 0.6 is 0 Å². The van der Waals surface area contributed by atoms with Gasteiger partial charge < -0.3 is 10.2 Å². The Morgan fingerprint density at radius 2 is 1.91 bits per heavy atom. The van der Waals surface area contributed by atoms with E-state index in [0.717, 1.165) is 18.4 Å². The van der Waals surface area contributed by atoms with Crippen LogP contribution in [0.15, 0.2) is 30.3 Å². The number of rotatable bonds is 4. The Balaban J connectivity index is 1.88. The van der Waals surface area contributed by atoms with Crippen molar-refractivity contribution in [3.05, 3.63) is 35.9 Å². The van der Waals surface area contributed by atoms with Crippen LogP contribution in [0, 0.1) is 28.6 Å². The minimum absolute atomic E-state index is 0.0249. The Labute approximate surface area is 132 Å². The Morgan fingerprint density at radius 3 is 2.50 bits per heavy atom. The normalized spacial score (nSPS) is 37.2. The van der Waals surface area contributed by atoms with Crippen LogP contribution in [0.1, 0.15) is 51.7 Å². The third-order valence-corrected chi connectivity index (χ3v) is 6.95. The summed E-state index contributed by atoms with van der Waals surface area (Å²) in [6, 6.07) is 9.59. The number of benzene rings is 1. The van der Waals surface area contributed by atoms with E-state index in [1.807, 2.05) is 30.3 Å². The average molecular weight is 302 g/mol. The van der Waals surface area contributed by atoms with Gasteiger partial charge in [0.2, 0.25) is 0 Å². The van der Waals surface area contributed by atoms with E-state index >= 15 is 0 Å². The van der Waals surface area contributed by atoms with Crippen molar-refractivity contribution in [2.75, 3.05) is 0 Å². The fourth-order valence-electron chi connectivity index (χ4n) is 5.40. The molecule has 0 aliphatic heterocycles. The highest BCUT2D eigenvalue weighted by Crippen LogP contribution is 2.71. The first-order valence-electron chi connectivity index (χ1n) is 8.25. The molecule has 2 bridgehead atoms. The maximum Gasteiger partial charge on any atom is 0.307 e. The van der Waals surface area contributed by atoms with Gasteiger partial charge >= 0.3 is 5.97 Å². The van der Waals surface area contributed by atoms with E-state index < -0.39 is 12.1 Å². The van der Waals surface area contributed by atoms with E-state index in [4.69, 9.17) is 0 Å². The van der Waals surface area contributed by atoms with Gasteiger partial charge in [-0.1, -0.05) is 51.1 Å². The molecular weight excluding hydrogens is 276 g/mol. The number of carboxylic acids is 1. The van der Waals surface area contributed by atoms with Crippen molar-refractivity contribution in [3.63, 3.8) is 0 Å². The fraction of sp³-hybridized carbons (Fsp3) is 0.632. The van der Waals surface area contributed by atoms with Gasteiger partial charge in [-0.15, -0.1) is 0 Å². The van der Waals surface area contributed by atoms with Crippen molar-refractivity contribution in [1.82, 2.24) is 0 Å². The van der Waals surface area contributed by atoms with Crippen molar-refractivity contribution in [3.8, 4) is 0 Å². The molecule has 0 amide bonds. The van der Waals surface area contributed by atoms with Crippen molar-refractivity contribution < 1.29 is 15.0 Å². The fourth-order valence-corrected chi connectivity index (χ4v) is 5.40. The van der Waals surface area contributed by atoms with Crippen molar-refractivity contribution in [2.45, 2.75) is 46.1 Å². The summed E-state index contributed by atoms with van der Waals surface area (Å²) in [6.45, 7) is 6.58. The van der Waals surface area contributed by atoms with Gasteiger partial charge in [0, 0.05) is 0 Å². The highest BCUT2D eigenvalue weighted by Gasteiger charge is 2.68. The molecule has 3 heteroatoms. The lowest BCUT2D eigenvalue weighted by atomic mass is 9.65. The number of aliphatic carboxylic acids is 1. The molecule has 0 radical (unpaired) electrons. The largest absolute Gasteiger partial charge is 0.481 e. The number of carboxylic acid groups (broad SMARTS) is 1. The average Bonchev–Trinajstić information content (AvgIpc) is 2.78. The number of hydrogen-bond acceptors (Lipinski definition) is 2. The summed E-state index contributed by atoms with van der Waals surface area (Å²) in [5.74, 6) is -0.596. The number of aliphatic hydroxyl groups excluding tert-OH is 1. The lowest BCUT2D eigenvalue weighted by Crippen LogP contribution is -2.38. The molecule has 2 saturated carbocycles. The second-order valence-corrected chi connectivity index (χ2v) is 7.93. The molecule has 0 unspecified atom stereocenters. The molecule has 22 heavy (non-hydrogen) atoms. The zero-order valence-corrected chi connectivity index (χ0v) is 13.6. The predicted octanol–water partition coefficient (Wildman–Crippen LogP) is 3.88. The van der Waals surface area contributed by atoms with E-state index in [2.05, 4.69) is 20.8 Å². The first kappa shape index (κ1) is 15.5. The van der Waals surface area contributed by atoms with Crippen molar-refractivity contribution >= 4 is 5.97 Å². The van der Waals surface area contributed by atoms with Gasteiger partial charge in [-0.05, 0) is 47.5 Å². The molecule has 0 saturated heterocycles. The SMILES string of the molecule is CC1(C)[C@@H]2CC[C@@]1(C)[C@H](C(=O)O)[C@@H]2C[C@H](O)c1ccccc1. The number of fused-ring (bicyclic) bond motifs is 2. The molecule has 3 rings (SSSR count). The third kappa shape index (κ3) is 2.02. The van der Waals surface area contributed by atoms with Crippen LogP contribution in [-0.2, 0) is 4.79 Å². The summed E-state index contributed by atoms with van der Waals surface area (Å²) in [5, 5.41) is 20.4. The van der Waals surface area contributed by atoms with Gasteiger partial charge in [0.05, 0.1) is 12.0 Å². The third-order valence-electron chi connectivity index (χ3n) is 6.95. The standard InChI is InChI=1S/C19H26O3/c1-18(2)14-9-10-19(18,3)16(17(21)22)13(14)11-15(20)12-7-5-4-6-8-12/h4-8,13-16,20H,9-11H2,1-3H3,(H,21,22)/t13-,14-,15+,16+,19+/m1/s1. The minimum atomic E-state index is -0.692. The van der Waals surface area contributed by atoms with Crippen LogP contribution in [0.3, 0.4) is 0 Å². The van der Waals surface area contributed by atoms with Crippen molar-refractivity contribution in [1.29, 1.82) is 0 Å². The Hall–Kier alpha value is -1.35. The second kappa shape index (κ2) is 5.09. The van der Waals surface area contributed by atoms with Crippen LogP contribution in [0.5, 0.6) is 0 Å². The minimum Gasteiger partial charge on any atom is -0.481 e. The molecule has 120 valence electrons. The zero-order chi connectivity index (χ0) is 16.1. The first-order valence-corrected chi connectivity index (χ1v) is 8.25. The van der Waals surface area contributed by atoms with E-state index in [9.17, 15) is 15.0 Å². The number of aliphatic hydroxyl groups is 1. The quantitative estimate of drug-likeness (QED) is 0.887. The summed E-state index contributed by atoms with van der Waals surface area (Å²) >= 11 is 0. The molecule has 0 aromatic heterocycles. The Morgan fingerprint density at radius 1 is 1.27 bits per heavy atom.